The summed E-state index contributed by atoms with van der Waals surface area (Å²) < 4.78 is 23.4. The third-order valence-electron chi connectivity index (χ3n) is 13.9. The molecule has 0 aliphatic rings. The maximum absolute atomic E-state index is 13.0. The molecule has 0 saturated heterocycles. The van der Waals surface area contributed by atoms with E-state index >= 15 is 0 Å². The fourth-order valence-electron chi connectivity index (χ4n) is 8.89. The van der Waals surface area contributed by atoms with Crippen molar-refractivity contribution >= 4 is 13.7 Å². The second-order valence-corrected chi connectivity index (χ2v) is 24.1. The number of allylic oxidation sites excluding steroid dienone is 19. The summed E-state index contributed by atoms with van der Waals surface area (Å²) in [6, 6.07) is -0.918. The van der Waals surface area contributed by atoms with Crippen LogP contribution in [0.1, 0.15) is 264 Å². The third kappa shape index (κ3) is 62.4. The molecule has 0 fully saturated rings. The molecule has 2 N–H and O–H groups in total. The first-order chi connectivity index (χ1) is 38.5. The van der Waals surface area contributed by atoms with Crippen LogP contribution in [0.2, 0.25) is 0 Å². The number of aliphatic hydroxyl groups excluding tert-OH is 1. The summed E-state index contributed by atoms with van der Waals surface area (Å²) in [6.07, 6.45) is 88.7. The Morgan fingerprint density at radius 3 is 1.18 bits per heavy atom. The van der Waals surface area contributed by atoms with Gasteiger partial charge in [0.2, 0.25) is 5.91 Å². The molecule has 0 aromatic rings. The normalized spacial score (nSPS) is 14.6. The molecule has 0 saturated carbocycles. The zero-order valence-corrected chi connectivity index (χ0v) is 52.7. The number of nitrogens with one attached hydrogen (secondary N) is 1. The third-order valence-corrected chi connectivity index (χ3v) is 14.9. The molecule has 3 atom stereocenters. The lowest BCUT2D eigenvalue weighted by atomic mass is 10.0. The largest absolute Gasteiger partial charge is 0.756 e. The SMILES string of the molecule is CC/C=C\C/C=C\C/C=C\C/C=C\C/C=C\C/C=C\C/C=C\C/C=C\CCCCCCCCCCC(=O)NC(COP(=O)([O-])OCC[N+](C)(C)C)C(O)/C=C/CC/C=C/CCCCCCCCCCCCCCCCCCCC. The quantitative estimate of drug-likeness (QED) is 0.0272. The Bertz CT molecular complexity index is 1700. The van der Waals surface area contributed by atoms with Gasteiger partial charge in [-0.1, -0.05) is 283 Å². The van der Waals surface area contributed by atoms with Crippen molar-refractivity contribution in [3.8, 4) is 0 Å². The standard InChI is InChI=1S/C70H123N2O6P/c1-6-8-10-12-14-16-18-20-22-24-26-28-30-32-33-34-35-36-37-38-39-40-42-44-46-48-50-52-54-56-58-60-62-64-70(74)71-68(67-78-79(75,76)77-66-65-72(3,4)5)69(73)63-61-59-57-55-53-51-49-47-45-43-41-31-29-27-25-23-21-19-17-15-13-11-9-7-2/h8,10,14,16,20,22,26,28,32-33,35-36,38-39,42,44,53,55,61,63,68-69,73H,6-7,9,11-13,15,17-19,21,23-25,27,29-31,34,37,40-41,43,45-52,54,56-60,62,64-67H2,1-5H3,(H-,71,74,75,76)/b10-8-,16-14-,22-20-,28-26-,33-32-,36-35-,39-38-,44-42-,55-53+,63-61+. The Morgan fingerprint density at radius 1 is 0.456 bits per heavy atom. The van der Waals surface area contributed by atoms with E-state index in [2.05, 4.69) is 129 Å². The number of carbonyl (C=O) groups excluding carboxylic acids is 1. The van der Waals surface area contributed by atoms with E-state index in [1.54, 1.807) is 6.08 Å². The lowest BCUT2D eigenvalue weighted by Crippen LogP contribution is -2.45. The number of phosphoric ester groups is 1. The summed E-state index contributed by atoms with van der Waals surface area (Å²) in [5, 5.41) is 13.9. The number of quaternary nitrogens is 1. The van der Waals surface area contributed by atoms with Crippen LogP contribution in [0.15, 0.2) is 122 Å². The Balaban J connectivity index is 4.23. The number of hydrogen-bond donors (Lipinski definition) is 2. The van der Waals surface area contributed by atoms with Gasteiger partial charge in [-0.25, -0.2) is 0 Å². The van der Waals surface area contributed by atoms with E-state index in [1.165, 1.54) is 141 Å². The molecule has 8 nitrogen and oxygen atoms in total. The van der Waals surface area contributed by atoms with E-state index in [4.69, 9.17) is 9.05 Å². The van der Waals surface area contributed by atoms with E-state index in [-0.39, 0.29) is 12.5 Å². The van der Waals surface area contributed by atoms with Gasteiger partial charge >= 0.3 is 0 Å². The summed E-state index contributed by atoms with van der Waals surface area (Å²) in [7, 11) is 1.23. The summed E-state index contributed by atoms with van der Waals surface area (Å²) in [5.74, 6) is -0.219. The number of carbonyl (C=O) groups is 1. The molecule has 1 amide bonds. The average Bonchev–Trinajstić information content (AvgIpc) is 3.42. The van der Waals surface area contributed by atoms with E-state index < -0.39 is 26.6 Å². The molecule has 0 aromatic heterocycles. The van der Waals surface area contributed by atoms with Gasteiger partial charge in [-0.2, -0.15) is 0 Å². The van der Waals surface area contributed by atoms with E-state index in [9.17, 15) is 19.4 Å². The van der Waals surface area contributed by atoms with Crippen molar-refractivity contribution in [2.45, 2.75) is 276 Å². The zero-order chi connectivity index (χ0) is 57.7. The molecule has 3 unspecified atom stereocenters. The van der Waals surface area contributed by atoms with Crippen LogP contribution in [0, 0.1) is 0 Å². The van der Waals surface area contributed by atoms with Gasteiger partial charge in [-0.15, -0.1) is 0 Å². The highest BCUT2D eigenvalue weighted by Gasteiger charge is 2.23. The van der Waals surface area contributed by atoms with Gasteiger partial charge in [0.1, 0.15) is 13.2 Å². The summed E-state index contributed by atoms with van der Waals surface area (Å²) in [5.41, 5.74) is 0. The van der Waals surface area contributed by atoms with Crippen molar-refractivity contribution in [3.63, 3.8) is 0 Å². The molecule has 0 spiro atoms. The predicted molar refractivity (Wildman–Crippen MR) is 343 cm³/mol. The van der Waals surface area contributed by atoms with Gasteiger partial charge < -0.3 is 28.8 Å². The smallest absolute Gasteiger partial charge is 0.268 e. The number of phosphoric acid groups is 1. The molecule has 0 aliphatic heterocycles. The number of rotatable bonds is 58. The Morgan fingerprint density at radius 2 is 0.785 bits per heavy atom. The van der Waals surface area contributed by atoms with Crippen LogP contribution in [0.4, 0.5) is 0 Å². The van der Waals surface area contributed by atoms with Crippen molar-refractivity contribution in [1.82, 2.24) is 5.32 Å². The molecule has 0 radical (unpaired) electrons. The molecule has 0 bridgehead atoms. The second-order valence-electron chi connectivity index (χ2n) is 22.7. The fraction of sp³-hybridized carbons (Fsp3) is 0.700. The number of likely N-dealkylation sites (N-methyl/N-ethyl adjacent to an activating group) is 1. The molecule has 0 aromatic carbocycles. The lowest BCUT2D eigenvalue weighted by Gasteiger charge is -2.29. The minimum atomic E-state index is -4.62. The topological polar surface area (TPSA) is 108 Å². The Hall–Kier alpha value is -3.10. The molecular formula is C70H123N2O6P. The van der Waals surface area contributed by atoms with Gasteiger partial charge in [0.05, 0.1) is 39.9 Å². The first-order valence-corrected chi connectivity index (χ1v) is 33.9. The van der Waals surface area contributed by atoms with Gasteiger partial charge in [0.25, 0.3) is 7.82 Å². The van der Waals surface area contributed by atoms with Gasteiger partial charge in [-0.3, -0.25) is 9.36 Å². The van der Waals surface area contributed by atoms with Crippen LogP contribution >= 0.6 is 7.82 Å². The van der Waals surface area contributed by atoms with Gasteiger partial charge in [0, 0.05) is 6.42 Å². The first-order valence-electron chi connectivity index (χ1n) is 32.4. The monoisotopic (exact) mass is 1120 g/mol. The van der Waals surface area contributed by atoms with Crippen molar-refractivity contribution in [2.75, 3.05) is 40.9 Å². The van der Waals surface area contributed by atoms with Gasteiger partial charge in [0.15, 0.2) is 0 Å². The van der Waals surface area contributed by atoms with Crippen molar-refractivity contribution in [2.24, 2.45) is 0 Å². The van der Waals surface area contributed by atoms with Crippen LogP contribution in [-0.4, -0.2) is 68.5 Å². The van der Waals surface area contributed by atoms with E-state index in [1.807, 2.05) is 27.2 Å². The number of amides is 1. The number of unbranched alkanes of at least 4 members (excludes halogenated alkanes) is 27. The van der Waals surface area contributed by atoms with Crippen LogP contribution in [0.5, 0.6) is 0 Å². The maximum Gasteiger partial charge on any atom is 0.268 e. The summed E-state index contributed by atoms with van der Waals surface area (Å²) in [4.78, 5) is 25.6. The number of aliphatic hydroxyl groups is 1. The van der Waals surface area contributed by atoms with E-state index in [0.717, 1.165) is 103 Å². The molecule has 79 heavy (non-hydrogen) atoms. The number of hydrogen-bond acceptors (Lipinski definition) is 6. The molecule has 454 valence electrons. The Kier molecular flexibility index (Phi) is 57.2. The molecule has 0 aliphatic carbocycles. The van der Waals surface area contributed by atoms with Crippen LogP contribution in [-0.2, 0) is 18.4 Å². The first kappa shape index (κ1) is 75.9. The highest BCUT2D eigenvalue weighted by atomic mass is 31.2. The lowest BCUT2D eigenvalue weighted by molar-refractivity contribution is -0.870. The minimum absolute atomic E-state index is 0.0140. The van der Waals surface area contributed by atoms with Gasteiger partial charge in [-0.05, 0) is 96.3 Å². The summed E-state index contributed by atoms with van der Waals surface area (Å²) >= 11 is 0. The van der Waals surface area contributed by atoms with Crippen molar-refractivity contribution in [3.05, 3.63) is 122 Å². The fourth-order valence-corrected chi connectivity index (χ4v) is 9.61. The number of nitrogens with zero attached hydrogens (tertiary/aromatic N) is 1. The highest BCUT2D eigenvalue weighted by molar-refractivity contribution is 7.45. The maximum atomic E-state index is 13.0. The molecular weight excluding hydrogens is 996 g/mol. The Labute approximate surface area is 488 Å². The van der Waals surface area contributed by atoms with E-state index in [0.29, 0.717) is 17.4 Å². The molecule has 0 heterocycles. The summed E-state index contributed by atoms with van der Waals surface area (Å²) in [6.45, 7) is 4.52. The highest BCUT2D eigenvalue weighted by Crippen LogP contribution is 2.38. The van der Waals surface area contributed by atoms with Crippen LogP contribution in [0.25, 0.3) is 0 Å². The zero-order valence-electron chi connectivity index (χ0n) is 51.8. The molecule has 0 rings (SSSR count). The predicted octanol–water partition coefficient (Wildman–Crippen LogP) is 19.9. The molecule has 9 heteroatoms. The van der Waals surface area contributed by atoms with Crippen LogP contribution in [0.3, 0.4) is 0 Å². The average molecular weight is 1120 g/mol. The minimum Gasteiger partial charge on any atom is -0.756 e. The second kappa shape index (κ2) is 59.5. The van der Waals surface area contributed by atoms with Crippen LogP contribution < -0.4 is 10.2 Å². The van der Waals surface area contributed by atoms with Crippen molar-refractivity contribution in [1.29, 1.82) is 0 Å². The van der Waals surface area contributed by atoms with Crippen molar-refractivity contribution < 1.29 is 32.9 Å².